The highest BCUT2D eigenvalue weighted by molar-refractivity contribution is 9.10. The van der Waals surface area contributed by atoms with Gasteiger partial charge in [-0.25, -0.2) is 0 Å². The van der Waals surface area contributed by atoms with E-state index in [9.17, 15) is 0 Å². The highest BCUT2D eigenvalue weighted by atomic mass is 79.9. The molecule has 4 heteroatoms. The molecule has 1 aromatic rings. The average molecular weight is 360 g/mol. The maximum absolute atomic E-state index is 6.07. The number of hydrogen-bond acceptors (Lipinski definition) is 2. The van der Waals surface area contributed by atoms with Crippen molar-refractivity contribution in [2.24, 2.45) is 0 Å². The van der Waals surface area contributed by atoms with Gasteiger partial charge in [0.15, 0.2) is 0 Å². The average Bonchev–Trinajstić information content (AvgIpc) is 2.93. The summed E-state index contributed by atoms with van der Waals surface area (Å²) in [5, 5.41) is 4.38. The van der Waals surface area contributed by atoms with Crippen molar-refractivity contribution in [3.05, 3.63) is 33.3 Å². The van der Waals surface area contributed by atoms with Gasteiger partial charge in [0.05, 0.1) is 5.02 Å². The van der Waals surface area contributed by atoms with Crippen LogP contribution in [0.3, 0.4) is 0 Å². The van der Waals surface area contributed by atoms with E-state index >= 15 is 0 Å². The van der Waals surface area contributed by atoms with Gasteiger partial charge in [-0.05, 0) is 66.0 Å². The van der Waals surface area contributed by atoms with E-state index < -0.39 is 0 Å². The van der Waals surface area contributed by atoms with Crippen molar-refractivity contribution in [2.45, 2.75) is 45.2 Å². The number of hydrogen-bond donors (Lipinski definition) is 1. The molecule has 2 rings (SSSR count). The Hall–Kier alpha value is -0.0900. The van der Waals surface area contributed by atoms with Crippen LogP contribution >= 0.6 is 27.5 Å². The highest BCUT2D eigenvalue weighted by Gasteiger charge is 2.17. The standard InChI is InChI=1S/C16H24BrClN2/c1-2-3-9-20(12-14-5-4-8-19-14)11-13-6-7-16(18)15(17)10-13/h6-7,10,14,19H,2-5,8-9,11-12H2,1H3. The summed E-state index contributed by atoms with van der Waals surface area (Å²) in [5.41, 5.74) is 1.33. The molecule has 112 valence electrons. The predicted molar refractivity (Wildman–Crippen MR) is 90.4 cm³/mol. The van der Waals surface area contributed by atoms with Crippen molar-refractivity contribution in [3.8, 4) is 0 Å². The van der Waals surface area contributed by atoms with Crippen LogP contribution in [0, 0.1) is 0 Å². The maximum atomic E-state index is 6.07. The smallest absolute Gasteiger partial charge is 0.0548 e. The van der Waals surface area contributed by atoms with E-state index in [1.54, 1.807) is 0 Å². The Bertz CT molecular complexity index is 419. The lowest BCUT2D eigenvalue weighted by atomic mass is 10.1. The minimum absolute atomic E-state index is 0.669. The molecule has 1 aliphatic heterocycles. The first-order chi connectivity index (χ1) is 9.69. The molecular weight excluding hydrogens is 336 g/mol. The van der Waals surface area contributed by atoms with Crippen molar-refractivity contribution in [1.82, 2.24) is 10.2 Å². The highest BCUT2D eigenvalue weighted by Crippen LogP contribution is 2.24. The first-order valence-electron chi connectivity index (χ1n) is 7.58. The Balaban J connectivity index is 1.95. The minimum Gasteiger partial charge on any atom is -0.313 e. The van der Waals surface area contributed by atoms with Gasteiger partial charge in [0.2, 0.25) is 0 Å². The first-order valence-corrected chi connectivity index (χ1v) is 8.76. The zero-order valence-electron chi connectivity index (χ0n) is 12.2. The van der Waals surface area contributed by atoms with Gasteiger partial charge in [-0.2, -0.15) is 0 Å². The summed E-state index contributed by atoms with van der Waals surface area (Å²) in [7, 11) is 0. The van der Waals surface area contributed by atoms with Crippen LogP contribution in [0.15, 0.2) is 22.7 Å². The zero-order valence-corrected chi connectivity index (χ0v) is 14.5. The second-order valence-corrected chi connectivity index (χ2v) is 6.89. The van der Waals surface area contributed by atoms with Crippen LogP contribution in [0.1, 0.15) is 38.2 Å². The van der Waals surface area contributed by atoms with E-state index in [-0.39, 0.29) is 0 Å². The quantitative estimate of drug-likeness (QED) is 0.773. The number of rotatable bonds is 7. The van der Waals surface area contributed by atoms with Gasteiger partial charge >= 0.3 is 0 Å². The van der Waals surface area contributed by atoms with Crippen molar-refractivity contribution < 1.29 is 0 Å². The van der Waals surface area contributed by atoms with Crippen LogP contribution in [-0.4, -0.2) is 30.6 Å². The van der Waals surface area contributed by atoms with E-state index in [4.69, 9.17) is 11.6 Å². The number of nitrogens with one attached hydrogen (secondary N) is 1. The van der Waals surface area contributed by atoms with Gasteiger partial charge < -0.3 is 5.32 Å². The Morgan fingerprint density at radius 3 is 2.95 bits per heavy atom. The molecule has 1 N–H and O–H groups in total. The predicted octanol–water partition coefficient (Wildman–Crippen LogP) is 4.46. The molecule has 0 bridgehead atoms. The summed E-state index contributed by atoms with van der Waals surface area (Å²) in [6, 6.07) is 6.92. The van der Waals surface area contributed by atoms with E-state index in [0.717, 1.165) is 22.6 Å². The van der Waals surface area contributed by atoms with Crippen molar-refractivity contribution in [3.63, 3.8) is 0 Å². The molecule has 1 unspecified atom stereocenters. The third kappa shape index (κ3) is 5.03. The molecule has 0 aromatic heterocycles. The molecule has 0 saturated carbocycles. The second kappa shape index (κ2) is 8.38. The SMILES string of the molecule is CCCCN(Cc1ccc(Cl)c(Br)c1)CC1CCCN1. The number of nitrogens with zero attached hydrogens (tertiary/aromatic N) is 1. The third-order valence-electron chi connectivity index (χ3n) is 3.86. The molecule has 1 heterocycles. The fraction of sp³-hybridized carbons (Fsp3) is 0.625. The maximum Gasteiger partial charge on any atom is 0.0548 e. The topological polar surface area (TPSA) is 15.3 Å². The number of halogens is 2. The second-order valence-electron chi connectivity index (χ2n) is 5.63. The molecule has 1 aromatic carbocycles. The Labute approximate surface area is 136 Å². The number of unbranched alkanes of at least 4 members (excludes halogenated alkanes) is 1. The summed E-state index contributed by atoms with van der Waals surface area (Å²) < 4.78 is 0.992. The van der Waals surface area contributed by atoms with Crippen molar-refractivity contribution in [1.29, 1.82) is 0 Å². The molecule has 1 saturated heterocycles. The van der Waals surface area contributed by atoms with Gasteiger partial charge in [0.25, 0.3) is 0 Å². The van der Waals surface area contributed by atoms with Crippen molar-refractivity contribution in [2.75, 3.05) is 19.6 Å². The van der Waals surface area contributed by atoms with Crippen LogP contribution in [0.5, 0.6) is 0 Å². The van der Waals surface area contributed by atoms with Crippen LogP contribution in [-0.2, 0) is 6.54 Å². The fourth-order valence-corrected chi connectivity index (χ4v) is 3.28. The lowest BCUT2D eigenvalue weighted by Gasteiger charge is -2.25. The molecule has 2 nitrogen and oxygen atoms in total. The molecule has 0 aliphatic carbocycles. The molecule has 1 fully saturated rings. The Kier molecular flexibility index (Phi) is 6.82. The fourth-order valence-electron chi connectivity index (χ4n) is 2.74. The number of benzene rings is 1. The van der Waals surface area contributed by atoms with Gasteiger partial charge in [0.1, 0.15) is 0 Å². The van der Waals surface area contributed by atoms with Crippen LogP contribution < -0.4 is 5.32 Å². The third-order valence-corrected chi connectivity index (χ3v) is 5.07. The molecule has 1 atom stereocenters. The molecule has 0 radical (unpaired) electrons. The largest absolute Gasteiger partial charge is 0.313 e. The molecule has 0 amide bonds. The van der Waals surface area contributed by atoms with Gasteiger partial charge in [-0.1, -0.05) is 31.0 Å². The Morgan fingerprint density at radius 1 is 1.45 bits per heavy atom. The van der Waals surface area contributed by atoms with Gasteiger partial charge in [-0.3, -0.25) is 4.90 Å². The summed E-state index contributed by atoms with van der Waals surface area (Å²) in [6.07, 6.45) is 5.14. The molecular formula is C16H24BrClN2. The van der Waals surface area contributed by atoms with Crippen LogP contribution in [0.25, 0.3) is 0 Å². The minimum atomic E-state index is 0.669. The molecule has 20 heavy (non-hydrogen) atoms. The van der Waals surface area contributed by atoms with Crippen molar-refractivity contribution >= 4 is 27.5 Å². The zero-order chi connectivity index (χ0) is 14.4. The molecule has 0 spiro atoms. The normalized spacial score (nSPS) is 18.9. The first kappa shape index (κ1) is 16.3. The summed E-state index contributed by atoms with van der Waals surface area (Å²) >= 11 is 9.58. The van der Waals surface area contributed by atoms with Gasteiger partial charge in [0, 0.05) is 23.6 Å². The van der Waals surface area contributed by atoms with E-state index in [1.165, 1.54) is 44.3 Å². The Morgan fingerprint density at radius 2 is 2.30 bits per heavy atom. The summed E-state index contributed by atoms with van der Waals surface area (Å²) in [6.45, 7) is 6.77. The van der Waals surface area contributed by atoms with E-state index in [1.807, 2.05) is 6.07 Å². The monoisotopic (exact) mass is 358 g/mol. The summed E-state index contributed by atoms with van der Waals surface area (Å²) in [5.74, 6) is 0. The van der Waals surface area contributed by atoms with E-state index in [2.05, 4.69) is 45.2 Å². The van der Waals surface area contributed by atoms with Gasteiger partial charge in [-0.15, -0.1) is 0 Å². The van der Waals surface area contributed by atoms with E-state index in [0.29, 0.717) is 6.04 Å². The summed E-state index contributed by atoms with van der Waals surface area (Å²) in [4.78, 5) is 2.57. The van der Waals surface area contributed by atoms with Crippen LogP contribution in [0.2, 0.25) is 5.02 Å². The molecule has 1 aliphatic rings. The lowest BCUT2D eigenvalue weighted by Crippen LogP contribution is -2.37. The van der Waals surface area contributed by atoms with Crippen LogP contribution in [0.4, 0.5) is 0 Å². The lowest BCUT2D eigenvalue weighted by molar-refractivity contribution is 0.237.